The Labute approximate surface area is 394 Å². The van der Waals surface area contributed by atoms with Crippen LogP contribution in [0.5, 0.6) is 0 Å². The number of alkyl halides is 4. The molecule has 13 nitrogen and oxygen atoms in total. The van der Waals surface area contributed by atoms with E-state index >= 15 is 0 Å². The van der Waals surface area contributed by atoms with Crippen molar-refractivity contribution < 1.29 is 49.1 Å². The second-order valence-electron chi connectivity index (χ2n) is 19.6. The molecule has 4 aliphatic carbocycles. The summed E-state index contributed by atoms with van der Waals surface area (Å²) in [6.45, 7) is 10.4. The third-order valence-corrected chi connectivity index (χ3v) is 18.2. The third-order valence-electron chi connectivity index (χ3n) is 14.1. The molecule has 2 bridgehead atoms. The Morgan fingerprint density at radius 2 is 1.49 bits per heavy atom. The van der Waals surface area contributed by atoms with E-state index in [1.165, 1.54) is 39.9 Å². The topological polar surface area (TPSA) is 160 Å². The fourth-order valence-corrected chi connectivity index (χ4v) is 13.3. The van der Waals surface area contributed by atoms with E-state index in [1.54, 1.807) is 12.1 Å². The Bertz CT molecular complexity index is 2560. The van der Waals surface area contributed by atoms with Gasteiger partial charge in [-0.3, -0.25) is 14.6 Å². The number of allylic oxidation sites excluding steroid dienone is 1. The highest BCUT2D eigenvalue weighted by Crippen LogP contribution is 2.74. The fourth-order valence-electron chi connectivity index (χ4n) is 10.3. The van der Waals surface area contributed by atoms with Gasteiger partial charge in [0, 0.05) is 98.8 Å². The first-order valence-corrected chi connectivity index (χ1v) is 26.6. The number of thioether (sulfide) groups is 1. The molecule has 1 atom stereocenters. The zero-order valence-electron chi connectivity index (χ0n) is 37.7. The molecule has 0 aromatic heterocycles. The number of sulfonamides is 1. The van der Waals surface area contributed by atoms with Crippen LogP contribution in [0, 0.1) is 10.8 Å². The van der Waals surface area contributed by atoms with Crippen molar-refractivity contribution in [1.82, 2.24) is 19.4 Å². The van der Waals surface area contributed by atoms with Crippen LogP contribution < -0.4 is 14.9 Å². The maximum absolute atomic E-state index is 14.6. The van der Waals surface area contributed by atoms with E-state index < -0.39 is 64.6 Å². The van der Waals surface area contributed by atoms with Crippen molar-refractivity contribution in [3.05, 3.63) is 89.5 Å². The van der Waals surface area contributed by atoms with Crippen molar-refractivity contribution in [2.45, 2.75) is 90.7 Å². The smallest absolute Gasteiger partial charge is 0.465 e. The van der Waals surface area contributed by atoms with Gasteiger partial charge in [0.2, 0.25) is 0 Å². The fraction of sp³-hybridized carbons (Fsp3) is 0.532. The average Bonchev–Trinajstić information content (AvgIpc) is 3.26. The van der Waals surface area contributed by atoms with Gasteiger partial charge in [-0.05, 0) is 105 Å². The van der Waals surface area contributed by atoms with Gasteiger partial charge in [0.25, 0.3) is 25.8 Å². The Hall–Kier alpha value is -4.37. The lowest BCUT2D eigenvalue weighted by Crippen LogP contribution is -2.65. The van der Waals surface area contributed by atoms with E-state index in [4.69, 9.17) is 0 Å². The Kier molecular flexibility index (Phi) is 13.8. The standard InChI is InChI=1S/C47H58F4N6O7S3/c1-44(2)16-14-34(39(27-44)45-30-46(48,31-45)32-45)28-55-20-22-56(23-21-55)36-10-8-33(9-11-36)42(58)53-67(63,64)38-12-13-40(41(26-38)66(61,62)47(49,50)51)52-35(29-65-37-6-4-3-5-7-37)15-17-54-18-24-57(25-19-54)43(59)60/h3-13,26,35,52H,14-25,27-32H2,1-2H3,(H,53,58)(H,59,60). The molecule has 1 unspecified atom stereocenters. The molecule has 0 spiro atoms. The van der Waals surface area contributed by atoms with Gasteiger partial charge in [-0.2, -0.15) is 13.2 Å². The molecular formula is C47H58F4N6O7S3. The summed E-state index contributed by atoms with van der Waals surface area (Å²) in [5.74, 6) is -0.763. The molecule has 2 aliphatic heterocycles. The normalized spacial score (nSPS) is 24.1. The summed E-state index contributed by atoms with van der Waals surface area (Å²) < 4.78 is 112. The lowest BCUT2D eigenvalue weighted by Gasteiger charge is -2.68. The van der Waals surface area contributed by atoms with Crippen LogP contribution in [0.3, 0.4) is 0 Å². The van der Waals surface area contributed by atoms with Gasteiger partial charge in [0.15, 0.2) is 0 Å². The van der Waals surface area contributed by atoms with Crippen LogP contribution in [0.15, 0.2) is 98.6 Å². The molecule has 0 radical (unpaired) electrons. The minimum Gasteiger partial charge on any atom is -0.465 e. The number of rotatable bonds is 16. The van der Waals surface area contributed by atoms with Gasteiger partial charge >= 0.3 is 11.6 Å². The van der Waals surface area contributed by atoms with E-state index in [0.717, 1.165) is 74.7 Å². The maximum Gasteiger partial charge on any atom is 0.501 e. The zero-order chi connectivity index (χ0) is 48.0. The van der Waals surface area contributed by atoms with Gasteiger partial charge in [0.1, 0.15) is 10.6 Å². The summed E-state index contributed by atoms with van der Waals surface area (Å²) in [5.41, 5.74) is -3.14. The number of benzene rings is 3. The largest absolute Gasteiger partial charge is 0.501 e. The molecule has 2 amide bonds. The number of hydrogen-bond acceptors (Lipinski definition) is 11. The summed E-state index contributed by atoms with van der Waals surface area (Å²) in [4.78, 5) is 31.4. The summed E-state index contributed by atoms with van der Waals surface area (Å²) in [7, 11) is -11.0. The molecule has 2 heterocycles. The number of nitrogens with one attached hydrogen (secondary N) is 2. The third kappa shape index (κ3) is 10.9. The second kappa shape index (κ2) is 18.8. The van der Waals surface area contributed by atoms with Crippen molar-refractivity contribution in [1.29, 1.82) is 0 Å². The van der Waals surface area contributed by atoms with Crippen molar-refractivity contribution >= 4 is 55.0 Å². The second-order valence-corrected chi connectivity index (χ2v) is 24.3. The van der Waals surface area contributed by atoms with Crippen molar-refractivity contribution in [2.24, 2.45) is 10.8 Å². The van der Waals surface area contributed by atoms with Crippen LogP contribution in [0.25, 0.3) is 0 Å². The highest BCUT2D eigenvalue weighted by atomic mass is 32.2. The van der Waals surface area contributed by atoms with Crippen molar-refractivity contribution in [3.63, 3.8) is 0 Å². The number of carboxylic acid groups (broad SMARTS) is 1. The van der Waals surface area contributed by atoms with E-state index in [-0.39, 0.29) is 35.2 Å². The van der Waals surface area contributed by atoms with Crippen LogP contribution >= 0.6 is 11.8 Å². The van der Waals surface area contributed by atoms with Crippen LogP contribution in [0.2, 0.25) is 0 Å². The minimum absolute atomic E-state index is 0.0288. The molecule has 6 aliphatic rings. The molecule has 2 saturated heterocycles. The van der Waals surface area contributed by atoms with Gasteiger partial charge in [-0.15, -0.1) is 11.8 Å². The molecule has 67 heavy (non-hydrogen) atoms. The molecule has 364 valence electrons. The number of halogens is 4. The number of amides is 2. The van der Waals surface area contributed by atoms with E-state index in [0.29, 0.717) is 51.4 Å². The number of piperazine rings is 2. The highest BCUT2D eigenvalue weighted by molar-refractivity contribution is 7.99. The zero-order valence-corrected chi connectivity index (χ0v) is 40.1. The van der Waals surface area contributed by atoms with Crippen LogP contribution in [0.4, 0.5) is 33.7 Å². The number of nitrogens with zero attached hydrogens (tertiary/aromatic N) is 4. The Morgan fingerprint density at radius 1 is 0.851 bits per heavy atom. The van der Waals surface area contributed by atoms with Crippen molar-refractivity contribution in [3.8, 4) is 0 Å². The predicted molar refractivity (Wildman–Crippen MR) is 249 cm³/mol. The van der Waals surface area contributed by atoms with Crippen molar-refractivity contribution in [2.75, 3.05) is 81.4 Å². The first kappa shape index (κ1) is 49.1. The van der Waals surface area contributed by atoms with Crippen LogP contribution in [-0.4, -0.2) is 137 Å². The van der Waals surface area contributed by atoms with Crippen LogP contribution in [-0.2, 0) is 19.9 Å². The Balaban J connectivity index is 0.922. The number of carbonyl (C=O) groups is 2. The number of sulfone groups is 1. The first-order chi connectivity index (χ1) is 31.5. The summed E-state index contributed by atoms with van der Waals surface area (Å²) in [5, 5.41) is 12.3. The monoisotopic (exact) mass is 990 g/mol. The number of carbonyl (C=O) groups excluding carboxylic acids is 1. The molecule has 9 rings (SSSR count). The quantitative estimate of drug-likeness (QED) is 0.0726. The predicted octanol–water partition coefficient (Wildman–Crippen LogP) is 7.88. The van der Waals surface area contributed by atoms with E-state index in [2.05, 4.69) is 29.0 Å². The van der Waals surface area contributed by atoms with Gasteiger partial charge in [-0.1, -0.05) is 43.2 Å². The molecule has 3 saturated carbocycles. The molecule has 3 aromatic rings. The first-order valence-electron chi connectivity index (χ1n) is 22.7. The molecule has 5 fully saturated rings. The summed E-state index contributed by atoms with van der Waals surface area (Å²) >= 11 is 1.39. The maximum atomic E-state index is 14.6. The minimum atomic E-state index is -6.11. The number of hydrogen-bond donors (Lipinski definition) is 3. The van der Waals surface area contributed by atoms with Crippen LogP contribution in [0.1, 0.15) is 69.2 Å². The SMILES string of the molecule is CC1(C)CCC(CN2CCN(c3ccc(C(=O)NS(=O)(=O)c4ccc(NC(CCN5CCN(C(=O)O)CC5)CSc5ccccc5)c(S(=O)(=O)C(F)(F)F)c4)cc3)CC2)=C(C23CC(F)(C2)C3)C1. The lowest BCUT2D eigenvalue weighted by molar-refractivity contribution is -0.193. The van der Waals surface area contributed by atoms with E-state index in [9.17, 15) is 49.1 Å². The lowest BCUT2D eigenvalue weighted by atomic mass is 9.38. The average molecular weight is 991 g/mol. The summed E-state index contributed by atoms with van der Waals surface area (Å²) in [6.07, 6.45) is 4.47. The Morgan fingerprint density at radius 3 is 2.10 bits per heavy atom. The molecule has 20 heteroatoms. The highest BCUT2D eigenvalue weighted by Gasteiger charge is 2.70. The molecule has 3 aromatic carbocycles. The summed E-state index contributed by atoms with van der Waals surface area (Å²) in [6, 6.07) is 17.2. The number of anilines is 2. The van der Waals surface area contributed by atoms with Gasteiger partial charge in [0.05, 0.1) is 10.6 Å². The molecule has 3 N–H and O–H groups in total. The van der Waals surface area contributed by atoms with Gasteiger partial charge < -0.3 is 20.2 Å². The van der Waals surface area contributed by atoms with E-state index in [1.807, 2.05) is 40.0 Å². The van der Waals surface area contributed by atoms with Gasteiger partial charge in [-0.25, -0.2) is 30.7 Å². The molecular weight excluding hydrogens is 933 g/mol.